The van der Waals surface area contributed by atoms with E-state index >= 15 is 0 Å². The van der Waals surface area contributed by atoms with Crippen LogP contribution in [0.2, 0.25) is 0 Å². The zero-order valence-corrected chi connectivity index (χ0v) is 11.3. The third-order valence-electron chi connectivity index (χ3n) is 3.54. The van der Waals surface area contributed by atoms with Crippen LogP contribution in [0.3, 0.4) is 0 Å². The van der Waals surface area contributed by atoms with Crippen molar-refractivity contribution < 1.29 is 14.3 Å². The quantitative estimate of drug-likeness (QED) is 0.908. The maximum absolute atomic E-state index is 11.7. The van der Waals surface area contributed by atoms with Gasteiger partial charge in [0.15, 0.2) is 0 Å². The van der Waals surface area contributed by atoms with Crippen molar-refractivity contribution >= 4 is 6.09 Å². The van der Waals surface area contributed by atoms with Crippen LogP contribution < -0.4 is 5.32 Å². The second kappa shape index (κ2) is 7.14. The van der Waals surface area contributed by atoms with Crippen molar-refractivity contribution in [2.45, 2.75) is 44.4 Å². The molecule has 0 radical (unpaired) electrons. The minimum atomic E-state index is -0.329. The normalized spacial score (nSPS) is 22.8. The Hall–Kier alpha value is -1.55. The Morgan fingerprint density at radius 2 is 1.89 bits per heavy atom. The number of rotatable bonds is 4. The maximum atomic E-state index is 11.7. The largest absolute Gasteiger partial charge is 0.445 e. The minimum absolute atomic E-state index is 0.217. The first-order valence-electron chi connectivity index (χ1n) is 6.78. The van der Waals surface area contributed by atoms with Crippen LogP contribution in [0.25, 0.3) is 0 Å². The second-order valence-electron chi connectivity index (χ2n) is 4.92. The van der Waals surface area contributed by atoms with E-state index in [1.807, 2.05) is 30.3 Å². The van der Waals surface area contributed by atoms with E-state index in [2.05, 4.69) is 5.32 Å². The van der Waals surface area contributed by atoms with E-state index in [4.69, 9.17) is 9.47 Å². The van der Waals surface area contributed by atoms with E-state index in [0.717, 1.165) is 31.2 Å². The molecule has 104 valence electrons. The standard InChI is InChI=1S/C15H21NO3/c1-18-14-9-7-13(8-10-14)16-15(17)19-11-12-5-3-2-4-6-12/h2-6,13-14H,7-11H2,1H3,(H,16,17)/t13-,14-. The number of hydrogen-bond acceptors (Lipinski definition) is 3. The minimum Gasteiger partial charge on any atom is -0.445 e. The fourth-order valence-electron chi connectivity index (χ4n) is 2.37. The Bertz CT molecular complexity index is 386. The molecule has 0 bridgehead atoms. The molecule has 1 aliphatic rings. The molecular weight excluding hydrogens is 242 g/mol. The van der Waals surface area contributed by atoms with Crippen molar-refractivity contribution in [3.05, 3.63) is 35.9 Å². The third-order valence-corrected chi connectivity index (χ3v) is 3.54. The van der Waals surface area contributed by atoms with Gasteiger partial charge in [-0.3, -0.25) is 0 Å². The molecule has 4 heteroatoms. The predicted octanol–water partition coefficient (Wildman–Crippen LogP) is 2.87. The monoisotopic (exact) mass is 263 g/mol. The van der Waals surface area contributed by atoms with Gasteiger partial charge in [-0.2, -0.15) is 0 Å². The van der Waals surface area contributed by atoms with E-state index in [1.165, 1.54) is 0 Å². The van der Waals surface area contributed by atoms with E-state index in [-0.39, 0.29) is 12.1 Å². The smallest absolute Gasteiger partial charge is 0.407 e. The summed E-state index contributed by atoms with van der Waals surface area (Å²) in [7, 11) is 1.74. The maximum Gasteiger partial charge on any atom is 0.407 e. The Morgan fingerprint density at radius 3 is 2.53 bits per heavy atom. The van der Waals surface area contributed by atoms with Crippen LogP contribution >= 0.6 is 0 Å². The van der Waals surface area contributed by atoms with Gasteiger partial charge in [-0.15, -0.1) is 0 Å². The highest BCUT2D eigenvalue weighted by Crippen LogP contribution is 2.20. The van der Waals surface area contributed by atoms with E-state index in [1.54, 1.807) is 7.11 Å². The van der Waals surface area contributed by atoms with E-state index < -0.39 is 0 Å². The first-order valence-corrected chi connectivity index (χ1v) is 6.78. The van der Waals surface area contributed by atoms with E-state index in [0.29, 0.717) is 12.7 Å². The summed E-state index contributed by atoms with van der Waals surface area (Å²) in [5.41, 5.74) is 1.00. The van der Waals surface area contributed by atoms with Gasteiger partial charge in [-0.05, 0) is 31.2 Å². The fraction of sp³-hybridized carbons (Fsp3) is 0.533. The fourth-order valence-corrected chi connectivity index (χ4v) is 2.37. The van der Waals surface area contributed by atoms with Crippen LogP contribution in [0.5, 0.6) is 0 Å². The number of amides is 1. The van der Waals surface area contributed by atoms with Crippen LogP contribution in [-0.4, -0.2) is 25.3 Å². The second-order valence-corrected chi connectivity index (χ2v) is 4.92. The Balaban J connectivity index is 1.67. The molecule has 2 rings (SSSR count). The lowest BCUT2D eigenvalue weighted by molar-refractivity contribution is 0.0605. The topological polar surface area (TPSA) is 47.6 Å². The number of benzene rings is 1. The summed E-state index contributed by atoms with van der Waals surface area (Å²) in [6.45, 7) is 0.320. The predicted molar refractivity (Wildman–Crippen MR) is 72.8 cm³/mol. The molecule has 19 heavy (non-hydrogen) atoms. The first kappa shape index (κ1) is 13.9. The van der Waals surface area contributed by atoms with Crippen LogP contribution in [0.15, 0.2) is 30.3 Å². The zero-order chi connectivity index (χ0) is 13.5. The van der Waals surface area contributed by atoms with Gasteiger partial charge in [0, 0.05) is 13.2 Å². The molecule has 1 amide bonds. The summed E-state index contributed by atoms with van der Waals surface area (Å²) in [4.78, 5) is 11.7. The van der Waals surface area contributed by atoms with Crippen LogP contribution in [-0.2, 0) is 16.1 Å². The summed E-state index contributed by atoms with van der Waals surface area (Å²) >= 11 is 0. The Kier molecular flexibility index (Phi) is 5.21. The molecule has 1 fully saturated rings. The van der Waals surface area contributed by atoms with Crippen LogP contribution in [0.4, 0.5) is 4.79 Å². The SMILES string of the molecule is CO[C@H]1CC[C@H](NC(=O)OCc2ccccc2)CC1. The number of carbonyl (C=O) groups excluding carboxylic acids is 1. The Morgan fingerprint density at radius 1 is 1.21 bits per heavy atom. The molecule has 1 aliphatic carbocycles. The van der Waals surface area contributed by atoms with Gasteiger partial charge in [0.25, 0.3) is 0 Å². The van der Waals surface area contributed by atoms with Gasteiger partial charge >= 0.3 is 6.09 Å². The van der Waals surface area contributed by atoms with Gasteiger partial charge in [-0.1, -0.05) is 30.3 Å². The van der Waals surface area contributed by atoms with Crippen LogP contribution in [0, 0.1) is 0 Å². The molecule has 0 spiro atoms. The summed E-state index contributed by atoms with van der Waals surface area (Å²) in [6, 6.07) is 9.91. The van der Waals surface area contributed by atoms with Gasteiger partial charge in [-0.25, -0.2) is 4.79 Å². The summed E-state index contributed by atoms with van der Waals surface area (Å²) in [5, 5.41) is 2.92. The molecule has 1 N–H and O–H groups in total. The number of carbonyl (C=O) groups is 1. The molecule has 1 aromatic carbocycles. The van der Waals surface area contributed by atoms with E-state index in [9.17, 15) is 4.79 Å². The average molecular weight is 263 g/mol. The van der Waals surface area contributed by atoms with Gasteiger partial charge < -0.3 is 14.8 Å². The number of hydrogen-bond donors (Lipinski definition) is 1. The lowest BCUT2D eigenvalue weighted by Crippen LogP contribution is -2.39. The average Bonchev–Trinajstić information content (AvgIpc) is 2.47. The lowest BCUT2D eigenvalue weighted by Gasteiger charge is -2.27. The molecule has 0 aromatic heterocycles. The number of methoxy groups -OCH3 is 1. The highest BCUT2D eigenvalue weighted by atomic mass is 16.5. The molecule has 0 saturated heterocycles. The molecule has 1 aromatic rings. The summed E-state index contributed by atoms with van der Waals surface area (Å²) in [6.07, 6.45) is 3.93. The third kappa shape index (κ3) is 4.56. The molecule has 4 nitrogen and oxygen atoms in total. The zero-order valence-electron chi connectivity index (χ0n) is 11.3. The lowest BCUT2D eigenvalue weighted by atomic mass is 9.93. The van der Waals surface area contributed by atoms with Crippen molar-refractivity contribution in [1.82, 2.24) is 5.32 Å². The highest BCUT2D eigenvalue weighted by Gasteiger charge is 2.22. The highest BCUT2D eigenvalue weighted by molar-refractivity contribution is 5.67. The van der Waals surface area contributed by atoms with Crippen LogP contribution in [0.1, 0.15) is 31.2 Å². The summed E-state index contributed by atoms with van der Waals surface area (Å²) in [5.74, 6) is 0. The molecule has 0 unspecified atom stereocenters. The molecule has 1 saturated carbocycles. The Labute approximate surface area is 114 Å². The molecular formula is C15H21NO3. The number of alkyl carbamates (subject to hydrolysis) is 1. The first-order chi connectivity index (χ1) is 9.28. The summed E-state index contributed by atoms with van der Waals surface area (Å²) < 4.78 is 10.5. The molecule has 0 atom stereocenters. The van der Waals surface area contributed by atoms with Crippen molar-refractivity contribution in [1.29, 1.82) is 0 Å². The van der Waals surface area contributed by atoms with Crippen molar-refractivity contribution in [3.8, 4) is 0 Å². The number of nitrogens with one attached hydrogen (secondary N) is 1. The molecule has 0 aliphatic heterocycles. The van der Waals surface area contributed by atoms with Gasteiger partial charge in [0.1, 0.15) is 6.61 Å². The van der Waals surface area contributed by atoms with Crippen molar-refractivity contribution in [2.75, 3.05) is 7.11 Å². The van der Waals surface area contributed by atoms with Crippen molar-refractivity contribution in [2.24, 2.45) is 0 Å². The van der Waals surface area contributed by atoms with Gasteiger partial charge in [0.05, 0.1) is 6.10 Å². The molecule has 0 heterocycles. The van der Waals surface area contributed by atoms with Gasteiger partial charge in [0.2, 0.25) is 0 Å². The number of ether oxygens (including phenoxy) is 2. The van der Waals surface area contributed by atoms with Crippen molar-refractivity contribution in [3.63, 3.8) is 0 Å².